The zero-order valence-corrected chi connectivity index (χ0v) is 17.5. The van der Waals surface area contributed by atoms with Gasteiger partial charge in [0.05, 0.1) is 27.9 Å². The second-order valence-electron chi connectivity index (χ2n) is 6.06. The lowest BCUT2D eigenvalue weighted by Gasteiger charge is -2.22. The third-order valence-electron chi connectivity index (χ3n) is 4.00. The van der Waals surface area contributed by atoms with E-state index in [4.69, 9.17) is 39.9 Å². The number of Topliss-reactive ketones (excluding diaryl/α,β-unsaturated/α-hetero) is 1. The molecule has 2 rings (SSSR count). The molecule has 0 aromatic heterocycles. The van der Waals surface area contributed by atoms with Crippen molar-refractivity contribution in [1.82, 2.24) is 4.72 Å². The molecule has 1 heterocycles. The summed E-state index contributed by atoms with van der Waals surface area (Å²) in [6.07, 6.45) is 0. The summed E-state index contributed by atoms with van der Waals surface area (Å²) in [5.74, 6) is -5.08. The summed E-state index contributed by atoms with van der Waals surface area (Å²) in [7, 11) is -8.11. The molecule has 1 aliphatic heterocycles. The molecule has 1 fully saturated rings. The van der Waals surface area contributed by atoms with Crippen molar-refractivity contribution in [1.29, 1.82) is 0 Å². The standard InChI is InChI=1S/C14H14Cl3NO7S2/c1-7-2-3-8(13(20)21)4-11(7)27(24,25)18-10-6-26(22,23)5-9(10)12(19)14(15,16)17/h2-4,9-10,18H,5-6H2,1H3,(H,20,21)/t9-,10-/m1/s1. The highest BCUT2D eigenvalue weighted by Gasteiger charge is 2.49. The van der Waals surface area contributed by atoms with Gasteiger partial charge in [-0.25, -0.2) is 26.4 Å². The lowest BCUT2D eigenvalue weighted by molar-refractivity contribution is -0.121. The predicted octanol–water partition coefficient (Wildman–Crippen LogP) is 1.32. The van der Waals surface area contributed by atoms with Crippen molar-refractivity contribution in [3.8, 4) is 0 Å². The Labute approximate surface area is 170 Å². The number of carboxylic acid groups (broad SMARTS) is 1. The number of hydrogen-bond donors (Lipinski definition) is 2. The van der Waals surface area contributed by atoms with E-state index < -0.39 is 58.9 Å². The van der Waals surface area contributed by atoms with Crippen molar-refractivity contribution in [3.63, 3.8) is 0 Å². The van der Waals surface area contributed by atoms with Crippen molar-refractivity contribution in [2.24, 2.45) is 5.92 Å². The van der Waals surface area contributed by atoms with Crippen molar-refractivity contribution in [2.75, 3.05) is 11.5 Å². The van der Waals surface area contributed by atoms with Crippen LogP contribution in [0.2, 0.25) is 0 Å². The fourth-order valence-electron chi connectivity index (χ4n) is 2.72. The van der Waals surface area contributed by atoms with Crippen molar-refractivity contribution in [3.05, 3.63) is 29.3 Å². The normalized spacial score (nSPS) is 22.5. The Balaban J connectivity index is 2.42. The average Bonchev–Trinajstić information content (AvgIpc) is 2.79. The Bertz CT molecular complexity index is 1000. The van der Waals surface area contributed by atoms with E-state index in [2.05, 4.69) is 4.72 Å². The van der Waals surface area contributed by atoms with Crippen LogP contribution in [0.5, 0.6) is 0 Å². The topological polar surface area (TPSA) is 135 Å². The number of rotatable bonds is 5. The number of alkyl halides is 3. The lowest BCUT2D eigenvalue weighted by atomic mass is 10.0. The quantitative estimate of drug-likeness (QED) is 0.609. The average molecular weight is 479 g/mol. The first-order valence-electron chi connectivity index (χ1n) is 7.32. The molecule has 1 aromatic rings. The van der Waals surface area contributed by atoms with E-state index in [1.165, 1.54) is 19.1 Å². The molecule has 0 aliphatic carbocycles. The molecule has 0 bridgehead atoms. The van der Waals surface area contributed by atoms with Crippen LogP contribution in [0.25, 0.3) is 0 Å². The third-order valence-corrected chi connectivity index (χ3v) is 7.92. The van der Waals surface area contributed by atoms with E-state index in [1.54, 1.807) is 0 Å². The number of aryl methyl sites for hydroxylation is 1. The third kappa shape index (κ3) is 5.12. The number of hydrogen-bond acceptors (Lipinski definition) is 6. The van der Waals surface area contributed by atoms with Crippen LogP contribution in [-0.4, -0.2) is 55.0 Å². The number of nitrogens with one attached hydrogen (secondary N) is 1. The molecule has 2 N–H and O–H groups in total. The fourth-order valence-corrected chi connectivity index (χ4v) is 6.72. The molecule has 1 saturated heterocycles. The lowest BCUT2D eigenvalue weighted by Crippen LogP contribution is -2.45. The second kappa shape index (κ2) is 7.49. The highest BCUT2D eigenvalue weighted by molar-refractivity contribution is 7.92. The van der Waals surface area contributed by atoms with Crippen LogP contribution in [-0.2, 0) is 24.7 Å². The van der Waals surface area contributed by atoms with E-state index in [1.807, 2.05) is 0 Å². The molecule has 1 aliphatic rings. The highest BCUT2D eigenvalue weighted by Crippen LogP contribution is 2.35. The monoisotopic (exact) mass is 477 g/mol. The molecule has 2 atom stereocenters. The van der Waals surface area contributed by atoms with E-state index >= 15 is 0 Å². The Hall–Kier alpha value is -0.910. The minimum atomic E-state index is -4.35. The maximum Gasteiger partial charge on any atom is 0.335 e. The van der Waals surface area contributed by atoms with Crippen LogP contribution in [0.15, 0.2) is 23.1 Å². The number of ketones is 1. The van der Waals surface area contributed by atoms with E-state index in [0.717, 1.165) is 6.07 Å². The number of sulfone groups is 1. The van der Waals surface area contributed by atoms with E-state index in [9.17, 15) is 26.4 Å². The van der Waals surface area contributed by atoms with Crippen LogP contribution in [0.4, 0.5) is 0 Å². The summed E-state index contributed by atoms with van der Waals surface area (Å²) >= 11 is 16.6. The molecular formula is C14H14Cl3NO7S2. The summed E-state index contributed by atoms with van der Waals surface area (Å²) in [5, 5.41) is 9.04. The Morgan fingerprint density at radius 1 is 1.22 bits per heavy atom. The zero-order valence-electron chi connectivity index (χ0n) is 13.6. The summed E-state index contributed by atoms with van der Waals surface area (Å²) < 4.78 is 49.0. The Morgan fingerprint density at radius 3 is 2.33 bits per heavy atom. The minimum absolute atomic E-state index is 0.234. The number of halogens is 3. The van der Waals surface area contributed by atoms with Gasteiger partial charge in [-0.05, 0) is 24.6 Å². The molecule has 0 saturated carbocycles. The van der Waals surface area contributed by atoms with Gasteiger partial charge < -0.3 is 5.11 Å². The van der Waals surface area contributed by atoms with Crippen LogP contribution in [0.1, 0.15) is 15.9 Å². The van der Waals surface area contributed by atoms with Gasteiger partial charge in [0.15, 0.2) is 15.6 Å². The van der Waals surface area contributed by atoms with Gasteiger partial charge in [0.25, 0.3) is 0 Å². The van der Waals surface area contributed by atoms with Crippen LogP contribution >= 0.6 is 34.8 Å². The summed E-state index contributed by atoms with van der Waals surface area (Å²) in [4.78, 5) is 23.0. The van der Waals surface area contributed by atoms with Crippen LogP contribution < -0.4 is 4.72 Å². The van der Waals surface area contributed by atoms with E-state index in [0.29, 0.717) is 0 Å². The van der Waals surface area contributed by atoms with E-state index in [-0.39, 0.29) is 16.0 Å². The number of benzene rings is 1. The van der Waals surface area contributed by atoms with Crippen LogP contribution in [0, 0.1) is 12.8 Å². The van der Waals surface area contributed by atoms with Crippen molar-refractivity contribution in [2.45, 2.75) is 21.7 Å². The van der Waals surface area contributed by atoms with Gasteiger partial charge in [-0.15, -0.1) is 0 Å². The van der Waals surface area contributed by atoms with Gasteiger partial charge in [-0.1, -0.05) is 40.9 Å². The molecule has 0 unspecified atom stereocenters. The van der Waals surface area contributed by atoms with Gasteiger partial charge in [0, 0.05) is 6.04 Å². The smallest absolute Gasteiger partial charge is 0.335 e. The number of aromatic carboxylic acids is 1. The van der Waals surface area contributed by atoms with Crippen molar-refractivity contribution < 1.29 is 31.5 Å². The molecule has 8 nitrogen and oxygen atoms in total. The van der Waals surface area contributed by atoms with Gasteiger partial charge in [0.1, 0.15) is 0 Å². The first-order valence-corrected chi connectivity index (χ1v) is 11.8. The number of carbonyl (C=O) groups excluding carboxylic acids is 1. The Morgan fingerprint density at radius 2 is 1.81 bits per heavy atom. The number of carboxylic acids is 1. The molecule has 0 spiro atoms. The van der Waals surface area contributed by atoms with Crippen LogP contribution in [0.3, 0.4) is 0 Å². The van der Waals surface area contributed by atoms with Gasteiger partial charge in [-0.2, -0.15) is 0 Å². The Kier molecular flexibility index (Phi) is 6.21. The van der Waals surface area contributed by atoms with Crippen molar-refractivity contribution >= 4 is 66.4 Å². The maximum absolute atomic E-state index is 12.7. The minimum Gasteiger partial charge on any atom is -0.478 e. The first kappa shape index (κ1) is 22.4. The molecule has 0 amide bonds. The molecule has 13 heteroatoms. The summed E-state index contributed by atoms with van der Waals surface area (Å²) in [5.41, 5.74) is -0.0356. The van der Waals surface area contributed by atoms with Gasteiger partial charge in [-0.3, -0.25) is 4.79 Å². The summed E-state index contributed by atoms with van der Waals surface area (Å²) in [6.45, 7) is 1.44. The maximum atomic E-state index is 12.7. The second-order valence-corrected chi connectivity index (χ2v) is 12.2. The van der Waals surface area contributed by atoms with Gasteiger partial charge in [0.2, 0.25) is 13.8 Å². The predicted molar refractivity (Wildman–Crippen MR) is 99.7 cm³/mol. The fraction of sp³-hybridized carbons (Fsp3) is 0.429. The SMILES string of the molecule is Cc1ccc(C(=O)O)cc1S(=O)(=O)N[C@@H]1CS(=O)(=O)C[C@H]1C(=O)C(Cl)(Cl)Cl. The number of carbonyl (C=O) groups is 2. The molecule has 150 valence electrons. The van der Waals surface area contributed by atoms with Gasteiger partial charge >= 0.3 is 5.97 Å². The largest absolute Gasteiger partial charge is 0.478 e. The first-order chi connectivity index (χ1) is 12.1. The molecule has 0 radical (unpaired) electrons. The molecule has 1 aromatic carbocycles. The number of sulfonamides is 1. The zero-order chi connectivity index (χ0) is 20.8. The summed E-state index contributed by atoms with van der Waals surface area (Å²) in [6, 6.07) is 2.12. The molecule has 27 heavy (non-hydrogen) atoms. The highest BCUT2D eigenvalue weighted by atomic mass is 35.6. The molecular weight excluding hydrogens is 465 g/mol.